The average Bonchev–Trinajstić information content (AvgIpc) is 3.02. The number of aryl methyl sites for hydroxylation is 1. The molecule has 3 aromatic rings. The molecular weight excluding hydrogens is 374 g/mol. The number of nitrogens with one attached hydrogen (secondary N) is 1. The first-order chi connectivity index (χ1) is 11.6. The average molecular weight is 388 g/mol. The molecule has 0 fully saturated rings. The van der Waals surface area contributed by atoms with Crippen LogP contribution in [0.3, 0.4) is 0 Å². The minimum atomic E-state index is -0.373. The molecule has 0 saturated carbocycles. The van der Waals surface area contributed by atoms with Crippen LogP contribution in [-0.4, -0.2) is 22.7 Å². The van der Waals surface area contributed by atoms with Crippen LogP contribution in [0.4, 0.5) is 6.01 Å². The third-order valence-electron chi connectivity index (χ3n) is 3.20. The molecule has 24 heavy (non-hydrogen) atoms. The van der Waals surface area contributed by atoms with E-state index in [1.165, 1.54) is 0 Å². The van der Waals surface area contributed by atoms with Gasteiger partial charge in [0.05, 0.1) is 0 Å². The third-order valence-corrected chi connectivity index (χ3v) is 3.69. The van der Waals surface area contributed by atoms with Gasteiger partial charge in [0.25, 0.3) is 5.91 Å². The Labute approximate surface area is 147 Å². The molecule has 1 heterocycles. The highest BCUT2D eigenvalue weighted by molar-refractivity contribution is 9.10. The molecule has 0 bridgehead atoms. The molecule has 0 spiro atoms. The van der Waals surface area contributed by atoms with Crippen LogP contribution in [0.15, 0.2) is 57.4 Å². The number of para-hydroxylation sites is 1. The fraction of sp³-hybridized carbons (Fsp3) is 0.118. The number of carbonyl (C=O) groups is 1. The Kier molecular flexibility index (Phi) is 4.90. The number of nitrogens with zero attached hydrogens (tertiary/aromatic N) is 2. The van der Waals surface area contributed by atoms with Gasteiger partial charge in [-0.05, 0) is 36.8 Å². The largest absolute Gasteiger partial charge is 0.483 e. The molecule has 0 atom stereocenters. The van der Waals surface area contributed by atoms with Crippen LogP contribution in [0.25, 0.3) is 11.5 Å². The molecule has 122 valence electrons. The lowest BCUT2D eigenvalue weighted by Crippen LogP contribution is -2.20. The molecule has 0 radical (unpaired) electrons. The Morgan fingerprint density at radius 2 is 2.04 bits per heavy atom. The molecule has 0 saturated heterocycles. The summed E-state index contributed by atoms with van der Waals surface area (Å²) in [4.78, 5) is 11.9. The normalized spacial score (nSPS) is 10.4. The second kappa shape index (κ2) is 7.27. The van der Waals surface area contributed by atoms with Crippen molar-refractivity contribution in [3.05, 3.63) is 58.6 Å². The maximum Gasteiger partial charge on any atom is 0.322 e. The second-order valence-electron chi connectivity index (χ2n) is 5.03. The SMILES string of the molecule is Cc1ccccc1OCC(=O)Nc1nnc(-c2cccc(Br)c2)o1. The van der Waals surface area contributed by atoms with E-state index in [2.05, 4.69) is 31.4 Å². The molecule has 6 nitrogen and oxygen atoms in total. The van der Waals surface area contributed by atoms with E-state index in [9.17, 15) is 4.79 Å². The van der Waals surface area contributed by atoms with Crippen molar-refractivity contribution in [2.45, 2.75) is 6.92 Å². The molecule has 1 N–H and O–H groups in total. The lowest BCUT2D eigenvalue weighted by Gasteiger charge is -2.07. The minimum Gasteiger partial charge on any atom is -0.483 e. The monoisotopic (exact) mass is 387 g/mol. The highest BCUT2D eigenvalue weighted by Crippen LogP contribution is 2.23. The van der Waals surface area contributed by atoms with Gasteiger partial charge in [-0.15, -0.1) is 5.10 Å². The van der Waals surface area contributed by atoms with Crippen molar-refractivity contribution in [3.8, 4) is 17.2 Å². The van der Waals surface area contributed by atoms with Gasteiger partial charge in [0.1, 0.15) is 5.75 Å². The van der Waals surface area contributed by atoms with E-state index in [0.717, 1.165) is 15.6 Å². The van der Waals surface area contributed by atoms with Gasteiger partial charge in [-0.2, -0.15) is 0 Å². The summed E-state index contributed by atoms with van der Waals surface area (Å²) < 4.78 is 11.8. The summed E-state index contributed by atoms with van der Waals surface area (Å²) in [6, 6.07) is 14.9. The van der Waals surface area contributed by atoms with Gasteiger partial charge in [0.15, 0.2) is 6.61 Å². The summed E-state index contributed by atoms with van der Waals surface area (Å²) >= 11 is 3.38. The second-order valence-corrected chi connectivity index (χ2v) is 5.94. The lowest BCUT2D eigenvalue weighted by atomic mass is 10.2. The highest BCUT2D eigenvalue weighted by atomic mass is 79.9. The van der Waals surface area contributed by atoms with Crippen molar-refractivity contribution in [1.82, 2.24) is 10.2 Å². The van der Waals surface area contributed by atoms with E-state index in [1.54, 1.807) is 6.07 Å². The Bertz CT molecular complexity index is 864. The first-order valence-electron chi connectivity index (χ1n) is 7.19. The highest BCUT2D eigenvalue weighted by Gasteiger charge is 2.12. The number of ether oxygens (including phenoxy) is 1. The lowest BCUT2D eigenvalue weighted by molar-refractivity contribution is -0.118. The maximum atomic E-state index is 11.9. The maximum absolute atomic E-state index is 11.9. The van der Waals surface area contributed by atoms with Crippen LogP contribution < -0.4 is 10.1 Å². The number of anilines is 1. The van der Waals surface area contributed by atoms with Crippen LogP contribution in [-0.2, 0) is 4.79 Å². The standard InChI is InChI=1S/C17H14BrN3O3/c1-11-5-2-3-8-14(11)23-10-15(22)19-17-21-20-16(24-17)12-6-4-7-13(18)9-12/h2-9H,10H2,1H3,(H,19,21,22). The number of hydrogen-bond donors (Lipinski definition) is 1. The van der Waals surface area contributed by atoms with Gasteiger partial charge < -0.3 is 9.15 Å². The minimum absolute atomic E-state index is 0.0309. The Balaban J connectivity index is 1.60. The molecule has 3 rings (SSSR count). The molecule has 0 aliphatic rings. The number of rotatable bonds is 5. The van der Waals surface area contributed by atoms with Crippen LogP contribution >= 0.6 is 15.9 Å². The van der Waals surface area contributed by atoms with Crippen LogP contribution in [0, 0.1) is 6.92 Å². The molecule has 0 aliphatic heterocycles. The number of hydrogen-bond acceptors (Lipinski definition) is 5. The molecule has 1 aromatic heterocycles. The third kappa shape index (κ3) is 3.99. The molecule has 7 heteroatoms. The van der Waals surface area contributed by atoms with E-state index in [-0.39, 0.29) is 18.5 Å². The van der Waals surface area contributed by atoms with Crippen LogP contribution in [0.2, 0.25) is 0 Å². The zero-order valence-electron chi connectivity index (χ0n) is 12.8. The van der Waals surface area contributed by atoms with Gasteiger partial charge in [0, 0.05) is 10.0 Å². The van der Waals surface area contributed by atoms with Gasteiger partial charge in [-0.3, -0.25) is 10.1 Å². The van der Waals surface area contributed by atoms with Gasteiger partial charge in [0.2, 0.25) is 5.89 Å². The zero-order valence-corrected chi connectivity index (χ0v) is 14.4. The smallest absolute Gasteiger partial charge is 0.322 e. The number of halogens is 1. The number of carbonyl (C=O) groups excluding carboxylic acids is 1. The number of amides is 1. The topological polar surface area (TPSA) is 77.2 Å². The predicted molar refractivity (Wildman–Crippen MR) is 92.7 cm³/mol. The summed E-state index contributed by atoms with van der Waals surface area (Å²) in [6.45, 7) is 1.77. The van der Waals surface area contributed by atoms with Crippen LogP contribution in [0.1, 0.15) is 5.56 Å². The van der Waals surface area contributed by atoms with E-state index >= 15 is 0 Å². The Morgan fingerprint density at radius 1 is 1.21 bits per heavy atom. The summed E-state index contributed by atoms with van der Waals surface area (Å²) in [5, 5.41) is 10.3. The molecular formula is C17H14BrN3O3. The summed E-state index contributed by atoms with van der Waals surface area (Å²) in [5.41, 5.74) is 1.72. The van der Waals surface area contributed by atoms with Crippen molar-refractivity contribution in [2.75, 3.05) is 11.9 Å². The van der Waals surface area contributed by atoms with Crippen molar-refractivity contribution in [1.29, 1.82) is 0 Å². The summed E-state index contributed by atoms with van der Waals surface area (Å²) in [7, 11) is 0. The van der Waals surface area contributed by atoms with Gasteiger partial charge >= 0.3 is 6.01 Å². The quantitative estimate of drug-likeness (QED) is 0.719. The van der Waals surface area contributed by atoms with E-state index in [1.807, 2.05) is 49.4 Å². The van der Waals surface area contributed by atoms with Crippen molar-refractivity contribution in [3.63, 3.8) is 0 Å². The van der Waals surface area contributed by atoms with Crippen molar-refractivity contribution < 1.29 is 13.9 Å². The van der Waals surface area contributed by atoms with E-state index in [0.29, 0.717) is 11.6 Å². The summed E-state index contributed by atoms with van der Waals surface area (Å²) in [6.07, 6.45) is 0. The fourth-order valence-electron chi connectivity index (χ4n) is 2.03. The van der Waals surface area contributed by atoms with Crippen molar-refractivity contribution >= 4 is 27.9 Å². The first-order valence-corrected chi connectivity index (χ1v) is 7.99. The number of aromatic nitrogens is 2. The van der Waals surface area contributed by atoms with Gasteiger partial charge in [-0.25, -0.2) is 0 Å². The molecule has 1 amide bonds. The van der Waals surface area contributed by atoms with Crippen LogP contribution in [0.5, 0.6) is 5.75 Å². The number of benzene rings is 2. The Morgan fingerprint density at radius 3 is 2.83 bits per heavy atom. The molecule has 2 aromatic carbocycles. The first kappa shape index (κ1) is 16.2. The fourth-order valence-corrected chi connectivity index (χ4v) is 2.43. The molecule has 0 aliphatic carbocycles. The van der Waals surface area contributed by atoms with E-state index < -0.39 is 0 Å². The molecule has 0 unspecified atom stereocenters. The summed E-state index contributed by atoms with van der Waals surface area (Å²) in [5.74, 6) is 0.613. The van der Waals surface area contributed by atoms with E-state index in [4.69, 9.17) is 9.15 Å². The Hall–Kier alpha value is -2.67. The predicted octanol–water partition coefficient (Wildman–Crippen LogP) is 3.83. The van der Waals surface area contributed by atoms with Crippen molar-refractivity contribution in [2.24, 2.45) is 0 Å². The zero-order chi connectivity index (χ0) is 16.9. The van der Waals surface area contributed by atoms with Gasteiger partial charge in [-0.1, -0.05) is 45.3 Å².